The van der Waals surface area contributed by atoms with Crippen molar-refractivity contribution in [2.45, 2.75) is 6.92 Å². The number of hydrogen-bond donors (Lipinski definition) is 1. The second-order valence-corrected chi connectivity index (χ2v) is 7.53. The molecule has 0 unspecified atom stereocenters. The molecule has 0 spiro atoms. The zero-order valence-corrected chi connectivity index (χ0v) is 16.2. The van der Waals surface area contributed by atoms with Crippen LogP contribution < -0.4 is 5.32 Å². The number of thiazole rings is 1. The number of anilines is 1. The molecule has 142 valence electrons. The van der Waals surface area contributed by atoms with E-state index in [4.69, 9.17) is 0 Å². The maximum atomic E-state index is 13.2. The van der Waals surface area contributed by atoms with Crippen LogP contribution in [0.25, 0.3) is 27.1 Å². The lowest BCUT2D eigenvalue weighted by Crippen LogP contribution is -2.14. The van der Waals surface area contributed by atoms with Gasteiger partial charge in [-0.3, -0.25) is 14.2 Å². The van der Waals surface area contributed by atoms with Crippen LogP contribution in [-0.2, 0) is 0 Å². The standard InChI is InChI=1S/C22H15FN4OS/c1-13-10-18(16-4-2-3-5-17(16)24-13)25-21(28)20-12-29-22-26-19(11-27(20)22)14-6-8-15(23)9-7-14/h2-12H,1H3,(H,24,25,28). The molecule has 5 rings (SSSR count). The summed E-state index contributed by atoms with van der Waals surface area (Å²) < 4.78 is 14.9. The molecule has 3 aromatic heterocycles. The first-order chi connectivity index (χ1) is 14.1. The summed E-state index contributed by atoms with van der Waals surface area (Å²) in [6.45, 7) is 1.90. The lowest BCUT2D eigenvalue weighted by Gasteiger charge is -2.09. The first-order valence-corrected chi connectivity index (χ1v) is 9.87. The molecular weight excluding hydrogens is 387 g/mol. The summed E-state index contributed by atoms with van der Waals surface area (Å²) in [4.78, 5) is 22.8. The van der Waals surface area contributed by atoms with Crippen molar-refractivity contribution in [2.24, 2.45) is 0 Å². The Morgan fingerprint density at radius 3 is 2.72 bits per heavy atom. The monoisotopic (exact) mass is 402 g/mol. The second kappa shape index (κ2) is 6.79. The number of amides is 1. The first kappa shape index (κ1) is 17.5. The van der Waals surface area contributed by atoms with Crippen LogP contribution in [0.2, 0.25) is 0 Å². The van der Waals surface area contributed by atoms with E-state index in [9.17, 15) is 9.18 Å². The largest absolute Gasteiger partial charge is 0.320 e. The van der Waals surface area contributed by atoms with E-state index in [1.54, 1.807) is 28.1 Å². The van der Waals surface area contributed by atoms with E-state index >= 15 is 0 Å². The maximum absolute atomic E-state index is 13.2. The summed E-state index contributed by atoms with van der Waals surface area (Å²) >= 11 is 1.38. The highest BCUT2D eigenvalue weighted by Crippen LogP contribution is 2.26. The molecule has 0 saturated heterocycles. The average Bonchev–Trinajstić information content (AvgIpc) is 3.29. The summed E-state index contributed by atoms with van der Waals surface area (Å²) in [7, 11) is 0. The Labute approximate surface area is 169 Å². The molecule has 0 radical (unpaired) electrons. The predicted molar refractivity (Wildman–Crippen MR) is 113 cm³/mol. The van der Waals surface area contributed by atoms with Crippen molar-refractivity contribution in [3.05, 3.63) is 83.4 Å². The van der Waals surface area contributed by atoms with Crippen LogP contribution >= 0.6 is 11.3 Å². The zero-order chi connectivity index (χ0) is 20.0. The molecule has 0 fully saturated rings. The van der Waals surface area contributed by atoms with E-state index in [0.717, 1.165) is 27.8 Å². The van der Waals surface area contributed by atoms with Gasteiger partial charge in [0.15, 0.2) is 4.96 Å². The predicted octanol–water partition coefficient (Wildman–Crippen LogP) is 5.31. The van der Waals surface area contributed by atoms with Gasteiger partial charge >= 0.3 is 0 Å². The van der Waals surface area contributed by atoms with Crippen molar-refractivity contribution in [1.82, 2.24) is 14.4 Å². The average molecular weight is 402 g/mol. The fourth-order valence-corrected chi connectivity index (χ4v) is 4.16. The third-order valence-corrected chi connectivity index (χ3v) is 5.51. The van der Waals surface area contributed by atoms with E-state index in [0.29, 0.717) is 16.3 Å². The number of para-hydroxylation sites is 1. The highest BCUT2D eigenvalue weighted by atomic mass is 32.1. The van der Waals surface area contributed by atoms with E-state index in [1.807, 2.05) is 37.3 Å². The minimum absolute atomic E-state index is 0.227. The van der Waals surface area contributed by atoms with Gasteiger partial charge in [-0.15, -0.1) is 11.3 Å². The number of halogens is 1. The number of benzene rings is 2. The summed E-state index contributed by atoms with van der Waals surface area (Å²) in [6.07, 6.45) is 1.80. The number of hydrogen-bond acceptors (Lipinski definition) is 4. The molecule has 1 amide bonds. The molecular formula is C22H15FN4OS. The molecule has 0 aliphatic rings. The number of rotatable bonds is 3. The molecule has 0 aliphatic carbocycles. The van der Waals surface area contributed by atoms with E-state index in [2.05, 4.69) is 15.3 Å². The van der Waals surface area contributed by atoms with Gasteiger partial charge in [0.05, 0.1) is 16.9 Å². The Hall–Kier alpha value is -3.58. The minimum Gasteiger partial charge on any atom is -0.320 e. The van der Waals surface area contributed by atoms with Crippen molar-refractivity contribution in [2.75, 3.05) is 5.32 Å². The van der Waals surface area contributed by atoms with Crippen molar-refractivity contribution in [3.8, 4) is 11.3 Å². The summed E-state index contributed by atoms with van der Waals surface area (Å²) in [5.41, 5.74) is 4.36. The Morgan fingerprint density at radius 2 is 1.90 bits per heavy atom. The molecule has 1 N–H and O–H groups in total. The molecule has 0 aliphatic heterocycles. The Morgan fingerprint density at radius 1 is 1.10 bits per heavy atom. The molecule has 0 saturated carbocycles. The SMILES string of the molecule is Cc1cc(NC(=O)c2csc3nc(-c4ccc(F)cc4)cn23)c2ccccc2n1. The number of carbonyl (C=O) groups is 1. The quantitative estimate of drug-likeness (QED) is 0.445. The van der Waals surface area contributed by atoms with E-state index < -0.39 is 0 Å². The summed E-state index contributed by atoms with van der Waals surface area (Å²) in [5, 5.41) is 5.67. The van der Waals surface area contributed by atoms with Crippen LogP contribution in [0.4, 0.5) is 10.1 Å². The molecule has 7 heteroatoms. The van der Waals surface area contributed by atoms with Gasteiger partial charge in [-0.05, 0) is 43.3 Å². The number of aromatic nitrogens is 3. The zero-order valence-electron chi connectivity index (χ0n) is 15.4. The number of aryl methyl sites for hydroxylation is 1. The minimum atomic E-state index is -0.297. The Kier molecular flexibility index (Phi) is 4.10. The highest BCUT2D eigenvalue weighted by Gasteiger charge is 2.17. The number of carbonyl (C=O) groups excluding carboxylic acids is 1. The lowest BCUT2D eigenvalue weighted by molar-refractivity contribution is 0.102. The van der Waals surface area contributed by atoms with Gasteiger partial charge in [-0.1, -0.05) is 18.2 Å². The van der Waals surface area contributed by atoms with Crippen LogP contribution in [0, 0.1) is 12.7 Å². The molecule has 5 aromatic rings. The summed E-state index contributed by atoms with van der Waals surface area (Å²) in [5.74, 6) is -0.523. The van der Waals surface area contributed by atoms with Crippen LogP contribution in [0.1, 0.15) is 16.2 Å². The number of fused-ring (bicyclic) bond motifs is 2. The molecule has 29 heavy (non-hydrogen) atoms. The van der Waals surface area contributed by atoms with Gasteiger partial charge in [0.2, 0.25) is 0 Å². The van der Waals surface area contributed by atoms with E-state index in [-0.39, 0.29) is 11.7 Å². The molecule has 5 nitrogen and oxygen atoms in total. The van der Waals surface area contributed by atoms with Gasteiger partial charge in [-0.2, -0.15) is 0 Å². The molecule has 0 atom stereocenters. The normalized spacial score (nSPS) is 11.2. The fraction of sp³-hybridized carbons (Fsp3) is 0.0455. The Bertz CT molecular complexity index is 1370. The van der Waals surface area contributed by atoms with Crippen molar-refractivity contribution >= 4 is 38.8 Å². The third-order valence-electron chi connectivity index (χ3n) is 4.67. The first-order valence-electron chi connectivity index (χ1n) is 8.99. The second-order valence-electron chi connectivity index (χ2n) is 6.69. The van der Waals surface area contributed by atoms with Crippen molar-refractivity contribution in [3.63, 3.8) is 0 Å². The number of nitrogens with one attached hydrogen (secondary N) is 1. The number of nitrogens with zero attached hydrogens (tertiary/aromatic N) is 3. The highest BCUT2D eigenvalue weighted by molar-refractivity contribution is 7.15. The maximum Gasteiger partial charge on any atom is 0.273 e. The van der Waals surface area contributed by atoms with Gasteiger partial charge in [0.25, 0.3) is 5.91 Å². The van der Waals surface area contributed by atoms with Crippen LogP contribution in [-0.4, -0.2) is 20.3 Å². The van der Waals surface area contributed by atoms with Gasteiger partial charge < -0.3 is 5.32 Å². The molecule has 0 bridgehead atoms. The smallest absolute Gasteiger partial charge is 0.273 e. The number of imidazole rings is 1. The van der Waals surface area contributed by atoms with Crippen LogP contribution in [0.5, 0.6) is 0 Å². The topological polar surface area (TPSA) is 59.3 Å². The lowest BCUT2D eigenvalue weighted by atomic mass is 10.1. The molecule has 3 heterocycles. The third kappa shape index (κ3) is 3.15. The van der Waals surface area contributed by atoms with Crippen molar-refractivity contribution < 1.29 is 9.18 Å². The van der Waals surface area contributed by atoms with Crippen molar-refractivity contribution in [1.29, 1.82) is 0 Å². The van der Waals surface area contributed by atoms with E-state index in [1.165, 1.54) is 23.5 Å². The number of pyridine rings is 1. The molecule has 2 aromatic carbocycles. The van der Waals surface area contributed by atoms with Crippen LogP contribution in [0.15, 0.2) is 66.2 Å². The van der Waals surface area contributed by atoms with Gasteiger partial charge in [0.1, 0.15) is 11.5 Å². The summed E-state index contributed by atoms with van der Waals surface area (Å²) in [6, 6.07) is 15.7. The fourth-order valence-electron chi connectivity index (χ4n) is 3.30. The van der Waals surface area contributed by atoms with Gasteiger partial charge in [-0.25, -0.2) is 9.37 Å². The van der Waals surface area contributed by atoms with Gasteiger partial charge in [0, 0.05) is 28.2 Å². The Balaban J connectivity index is 1.51. The van der Waals surface area contributed by atoms with Crippen LogP contribution in [0.3, 0.4) is 0 Å².